The van der Waals surface area contributed by atoms with Crippen molar-refractivity contribution in [3.8, 4) is 0 Å². The van der Waals surface area contributed by atoms with Gasteiger partial charge in [0.1, 0.15) is 0 Å². The van der Waals surface area contributed by atoms with Crippen LogP contribution in [0.25, 0.3) is 0 Å². The third-order valence-corrected chi connectivity index (χ3v) is 4.59. The summed E-state index contributed by atoms with van der Waals surface area (Å²) in [5, 5.41) is 3.43. The predicted octanol–water partition coefficient (Wildman–Crippen LogP) is 3.23. The van der Waals surface area contributed by atoms with Crippen LogP contribution in [0.4, 0.5) is 0 Å². The van der Waals surface area contributed by atoms with E-state index in [-0.39, 0.29) is 11.9 Å². The Morgan fingerprint density at radius 3 is 2.67 bits per heavy atom. The third-order valence-electron chi connectivity index (χ3n) is 4.07. The van der Waals surface area contributed by atoms with Gasteiger partial charge in [-0.2, -0.15) is 0 Å². The average Bonchev–Trinajstić information content (AvgIpc) is 2.48. The number of amides is 1. The van der Waals surface area contributed by atoms with Crippen LogP contribution in [0, 0.1) is 5.92 Å². The van der Waals surface area contributed by atoms with Gasteiger partial charge in [0.2, 0.25) is 5.91 Å². The van der Waals surface area contributed by atoms with Gasteiger partial charge in [0, 0.05) is 17.1 Å². The number of nitrogens with zero attached hydrogens (tertiary/aromatic N) is 1. The molecule has 1 fully saturated rings. The standard InChI is InChI=1S/C17H25BrN2O/c1-13(2)20(12-15-4-3-9-19-11-15)17(21)10-14-5-7-16(18)8-6-14/h5-8,13,15,19H,3-4,9-12H2,1-2H3. The van der Waals surface area contributed by atoms with E-state index in [4.69, 9.17) is 0 Å². The Morgan fingerprint density at radius 2 is 2.10 bits per heavy atom. The number of rotatable bonds is 5. The molecule has 1 aromatic carbocycles. The van der Waals surface area contributed by atoms with Gasteiger partial charge in [-0.05, 0) is 63.4 Å². The number of nitrogens with one attached hydrogen (secondary N) is 1. The highest BCUT2D eigenvalue weighted by Crippen LogP contribution is 2.16. The van der Waals surface area contributed by atoms with Gasteiger partial charge in [-0.25, -0.2) is 0 Å². The van der Waals surface area contributed by atoms with Crippen LogP contribution in [-0.2, 0) is 11.2 Å². The number of hydrogen-bond acceptors (Lipinski definition) is 2. The molecule has 1 unspecified atom stereocenters. The molecule has 0 spiro atoms. The molecule has 4 heteroatoms. The summed E-state index contributed by atoms with van der Waals surface area (Å²) in [6.07, 6.45) is 2.94. The third kappa shape index (κ3) is 5.11. The summed E-state index contributed by atoms with van der Waals surface area (Å²) in [5.74, 6) is 0.827. The first-order valence-corrected chi connectivity index (χ1v) is 8.60. The van der Waals surface area contributed by atoms with E-state index in [1.54, 1.807) is 0 Å². The topological polar surface area (TPSA) is 32.3 Å². The van der Waals surface area contributed by atoms with Crippen LogP contribution in [0.1, 0.15) is 32.3 Å². The first-order valence-electron chi connectivity index (χ1n) is 7.81. The smallest absolute Gasteiger partial charge is 0.227 e. The fourth-order valence-electron chi connectivity index (χ4n) is 2.84. The van der Waals surface area contributed by atoms with Gasteiger partial charge < -0.3 is 10.2 Å². The van der Waals surface area contributed by atoms with Crippen molar-refractivity contribution >= 4 is 21.8 Å². The van der Waals surface area contributed by atoms with Crippen molar-refractivity contribution in [3.05, 3.63) is 34.3 Å². The minimum Gasteiger partial charge on any atom is -0.340 e. The van der Waals surface area contributed by atoms with Crippen molar-refractivity contribution < 1.29 is 4.79 Å². The molecule has 1 aromatic rings. The Hall–Kier alpha value is -0.870. The lowest BCUT2D eigenvalue weighted by Crippen LogP contribution is -2.44. The van der Waals surface area contributed by atoms with E-state index in [1.165, 1.54) is 12.8 Å². The van der Waals surface area contributed by atoms with Crippen LogP contribution in [0.15, 0.2) is 28.7 Å². The van der Waals surface area contributed by atoms with Crippen LogP contribution < -0.4 is 5.32 Å². The van der Waals surface area contributed by atoms with E-state index in [0.29, 0.717) is 12.3 Å². The molecule has 1 aliphatic rings. The highest BCUT2D eigenvalue weighted by Gasteiger charge is 2.22. The fraction of sp³-hybridized carbons (Fsp3) is 0.588. The summed E-state index contributed by atoms with van der Waals surface area (Å²) >= 11 is 3.43. The van der Waals surface area contributed by atoms with Crippen molar-refractivity contribution in [1.29, 1.82) is 0 Å². The number of hydrogen-bond donors (Lipinski definition) is 1. The normalized spacial score (nSPS) is 18.8. The van der Waals surface area contributed by atoms with Crippen molar-refractivity contribution in [1.82, 2.24) is 10.2 Å². The largest absolute Gasteiger partial charge is 0.340 e. The molecule has 21 heavy (non-hydrogen) atoms. The minimum atomic E-state index is 0.234. The molecular weight excluding hydrogens is 328 g/mol. The molecule has 0 bridgehead atoms. The first kappa shape index (κ1) is 16.5. The van der Waals surface area contributed by atoms with Crippen molar-refractivity contribution in [2.24, 2.45) is 5.92 Å². The zero-order valence-electron chi connectivity index (χ0n) is 12.9. The average molecular weight is 353 g/mol. The number of benzene rings is 1. The fourth-order valence-corrected chi connectivity index (χ4v) is 3.10. The molecule has 1 aliphatic heterocycles. The number of halogens is 1. The highest BCUT2D eigenvalue weighted by molar-refractivity contribution is 9.10. The summed E-state index contributed by atoms with van der Waals surface area (Å²) in [5.41, 5.74) is 1.08. The summed E-state index contributed by atoms with van der Waals surface area (Å²) in [7, 11) is 0. The summed E-state index contributed by atoms with van der Waals surface area (Å²) < 4.78 is 1.05. The molecule has 0 aliphatic carbocycles. The van der Waals surface area contributed by atoms with Crippen LogP contribution >= 0.6 is 15.9 Å². The van der Waals surface area contributed by atoms with E-state index in [9.17, 15) is 4.79 Å². The molecule has 3 nitrogen and oxygen atoms in total. The summed E-state index contributed by atoms with van der Waals surface area (Å²) in [6.45, 7) is 7.24. The molecule has 1 atom stereocenters. The van der Waals surface area contributed by atoms with Gasteiger partial charge >= 0.3 is 0 Å². The van der Waals surface area contributed by atoms with Crippen LogP contribution in [-0.4, -0.2) is 36.5 Å². The maximum absolute atomic E-state index is 12.6. The lowest BCUT2D eigenvalue weighted by molar-refractivity contribution is -0.133. The molecule has 0 aromatic heterocycles. The molecular formula is C17H25BrN2O. The second kappa shape index (κ2) is 7.95. The molecule has 1 saturated heterocycles. The monoisotopic (exact) mass is 352 g/mol. The summed E-state index contributed by atoms with van der Waals surface area (Å²) in [4.78, 5) is 14.6. The molecule has 1 amide bonds. The van der Waals surface area contributed by atoms with E-state index < -0.39 is 0 Å². The maximum atomic E-state index is 12.6. The van der Waals surface area contributed by atoms with Crippen LogP contribution in [0.2, 0.25) is 0 Å². The lowest BCUT2D eigenvalue weighted by Gasteiger charge is -2.33. The van der Waals surface area contributed by atoms with E-state index >= 15 is 0 Å². The molecule has 2 rings (SSSR count). The molecule has 0 radical (unpaired) electrons. The Bertz CT molecular complexity index is 452. The first-order chi connectivity index (χ1) is 10.1. The second-order valence-electron chi connectivity index (χ2n) is 6.16. The minimum absolute atomic E-state index is 0.234. The van der Waals surface area contributed by atoms with Crippen molar-refractivity contribution in [3.63, 3.8) is 0 Å². The summed E-state index contributed by atoms with van der Waals surface area (Å²) in [6, 6.07) is 8.28. The Morgan fingerprint density at radius 1 is 1.38 bits per heavy atom. The van der Waals surface area contributed by atoms with Crippen molar-refractivity contribution in [2.45, 2.75) is 39.2 Å². The van der Waals surface area contributed by atoms with Crippen LogP contribution in [0.5, 0.6) is 0 Å². The van der Waals surface area contributed by atoms with E-state index in [1.807, 2.05) is 29.2 Å². The van der Waals surface area contributed by atoms with Gasteiger partial charge in [0.05, 0.1) is 6.42 Å². The number of carbonyl (C=O) groups is 1. The highest BCUT2D eigenvalue weighted by atomic mass is 79.9. The molecule has 1 heterocycles. The lowest BCUT2D eigenvalue weighted by atomic mass is 9.98. The van der Waals surface area contributed by atoms with Crippen LogP contribution in [0.3, 0.4) is 0 Å². The van der Waals surface area contributed by atoms with E-state index in [0.717, 1.165) is 29.7 Å². The molecule has 0 saturated carbocycles. The Kier molecular flexibility index (Phi) is 6.24. The van der Waals surface area contributed by atoms with Gasteiger partial charge in [-0.15, -0.1) is 0 Å². The van der Waals surface area contributed by atoms with Crippen molar-refractivity contribution in [2.75, 3.05) is 19.6 Å². The van der Waals surface area contributed by atoms with Gasteiger partial charge in [-0.1, -0.05) is 28.1 Å². The van der Waals surface area contributed by atoms with E-state index in [2.05, 4.69) is 35.1 Å². The maximum Gasteiger partial charge on any atom is 0.227 e. The second-order valence-corrected chi connectivity index (χ2v) is 7.07. The molecule has 116 valence electrons. The predicted molar refractivity (Wildman–Crippen MR) is 90.3 cm³/mol. The zero-order valence-corrected chi connectivity index (χ0v) is 14.5. The van der Waals surface area contributed by atoms with Gasteiger partial charge in [0.25, 0.3) is 0 Å². The quantitative estimate of drug-likeness (QED) is 0.882. The Balaban J connectivity index is 1.96. The van der Waals surface area contributed by atoms with Gasteiger partial charge in [-0.3, -0.25) is 4.79 Å². The number of carbonyl (C=O) groups excluding carboxylic acids is 1. The SMILES string of the molecule is CC(C)N(CC1CCCNC1)C(=O)Cc1ccc(Br)cc1. The van der Waals surface area contributed by atoms with Gasteiger partial charge in [0.15, 0.2) is 0 Å². The Labute approximate surface area is 136 Å². The zero-order chi connectivity index (χ0) is 15.2. The molecule has 1 N–H and O–H groups in total. The number of piperidine rings is 1.